The normalized spacial score (nSPS) is 12.1. The fraction of sp³-hybridized carbons (Fsp3) is 0.467. The number of nitrogens with one attached hydrogen (secondary N) is 2. The van der Waals surface area contributed by atoms with E-state index >= 15 is 0 Å². The Balaban J connectivity index is 2.59. The van der Waals surface area contributed by atoms with Crippen LogP contribution >= 0.6 is 0 Å². The molecule has 19 heavy (non-hydrogen) atoms. The van der Waals surface area contributed by atoms with Crippen LogP contribution in [0, 0.1) is 5.92 Å². The SMILES string of the molecule is CCC(NC(=O)Nc1ccc(C(C)=O)cc1)C(C)C. The van der Waals surface area contributed by atoms with Gasteiger partial charge in [-0.3, -0.25) is 4.79 Å². The fourth-order valence-corrected chi connectivity index (χ4v) is 1.86. The number of carbonyl (C=O) groups excluding carboxylic acids is 2. The first-order chi connectivity index (χ1) is 8.93. The summed E-state index contributed by atoms with van der Waals surface area (Å²) >= 11 is 0. The van der Waals surface area contributed by atoms with Crippen molar-refractivity contribution in [1.82, 2.24) is 5.32 Å². The van der Waals surface area contributed by atoms with Crippen molar-refractivity contribution in [3.63, 3.8) is 0 Å². The largest absolute Gasteiger partial charge is 0.335 e. The highest BCUT2D eigenvalue weighted by molar-refractivity contribution is 5.95. The Morgan fingerprint density at radius 3 is 2.16 bits per heavy atom. The van der Waals surface area contributed by atoms with Crippen molar-refractivity contribution in [3.8, 4) is 0 Å². The van der Waals surface area contributed by atoms with Crippen molar-refractivity contribution < 1.29 is 9.59 Å². The average molecular weight is 262 g/mol. The monoisotopic (exact) mass is 262 g/mol. The van der Waals surface area contributed by atoms with Gasteiger partial charge in [-0.05, 0) is 43.5 Å². The summed E-state index contributed by atoms with van der Waals surface area (Å²) in [4.78, 5) is 23.0. The number of carbonyl (C=O) groups is 2. The predicted molar refractivity (Wildman–Crippen MR) is 77.5 cm³/mol. The van der Waals surface area contributed by atoms with Crippen LogP contribution in [0.1, 0.15) is 44.5 Å². The molecule has 0 saturated heterocycles. The minimum Gasteiger partial charge on any atom is -0.335 e. The quantitative estimate of drug-likeness (QED) is 0.798. The molecule has 4 heteroatoms. The van der Waals surface area contributed by atoms with E-state index in [2.05, 4.69) is 24.5 Å². The van der Waals surface area contributed by atoms with Crippen LogP contribution in [0.3, 0.4) is 0 Å². The summed E-state index contributed by atoms with van der Waals surface area (Å²) in [6.45, 7) is 7.72. The molecule has 104 valence electrons. The van der Waals surface area contributed by atoms with Crippen LogP contribution in [-0.2, 0) is 0 Å². The lowest BCUT2D eigenvalue weighted by atomic mass is 10.0. The lowest BCUT2D eigenvalue weighted by molar-refractivity contribution is 0.101. The van der Waals surface area contributed by atoms with Gasteiger partial charge in [0.15, 0.2) is 5.78 Å². The highest BCUT2D eigenvalue weighted by Crippen LogP contribution is 2.11. The number of Topliss-reactive ketones (excluding diaryl/α,β-unsaturated/α-hetero) is 1. The molecule has 0 spiro atoms. The van der Waals surface area contributed by atoms with Gasteiger partial charge < -0.3 is 10.6 Å². The summed E-state index contributed by atoms with van der Waals surface area (Å²) < 4.78 is 0. The molecule has 2 amide bonds. The number of hydrogen-bond donors (Lipinski definition) is 2. The van der Waals surface area contributed by atoms with Crippen molar-refractivity contribution in [2.75, 3.05) is 5.32 Å². The third kappa shape index (κ3) is 4.73. The molecule has 0 bridgehead atoms. The van der Waals surface area contributed by atoms with Crippen LogP contribution in [0.2, 0.25) is 0 Å². The van der Waals surface area contributed by atoms with Crippen molar-refractivity contribution in [2.45, 2.75) is 40.2 Å². The van der Waals surface area contributed by atoms with Crippen LogP contribution in [0.25, 0.3) is 0 Å². The highest BCUT2D eigenvalue weighted by atomic mass is 16.2. The molecule has 1 aromatic rings. The van der Waals surface area contributed by atoms with E-state index in [1.807, 2.05) is 6.92 Å². The van der Waals surface area contributed by atoms with E-state index in [9.17, 15) is 9.59 Å². The van der Waals surface area contributed by atoms with Crippen LogP contribution in [0.15, 0.2) is 24.3 Å². The van der Waals surface area contributed by atoms with E-state index in [-0.39, 0.29) is 17.9 Å². The Morgan fingerprint density at radius 2 is 1.74 bits per heavy atom. The van der Waals surface area contributed by atoms with Gasteiger partial charge in [0.1, 0.15) is 0 Å². The van der Waals surface area contributed by atoms with E-state index in [0.717, 1.165) is 6.42 Å². The topological polar surface area (TPSA) is 58.2 Å². The van der Waals surface area contributed by atoms with Gasteiger partial charge in [0.2, 0.25) is 0 Å². The number of hydrogen-bond acceptors (Lipinski definition) is 2. The van der Waals surface area contributed by atoms with Crippen molar-refractivity contribution in [1.29, 1.82) is 0 Å². The molecule has 0 heterocycles. The van der Waals surface area contributed by atoms with Gasteiger partial charge >= 0.3 is 6.03 Å². The van der Waals surface area contributed by atoms with Gasteiger partial charge in [-0.25, -0.2) is 4.79 Å². The Bertz CT molecular complexity index is 438. The first-order valence-corrected chi connectivity index (χ1v) is 6.62. The number of ketones is 1. The lowest BCUT2D eigenvalue weighted by Crippen LogP contribution is -2.40. The van der Waals surface area contributed by atoms with Crippen molar-refractivity contribution >= 4 is 17.5 Å². The molecule has 0 saturated carbocycles. The number of benzene rings is 1. The molecule has 0 aliphatic heterocycles. The zero-order chi connectivity index (χ0) is 14.4. The minimum atomic E-state index is -0.212. The number of anilines is 1. The molecule has 0 fully saturated rings. The summed E-state index contributed by atoms with van der Waals surface area (Å²) in [5.74, 6) is 0.415. The first kappa shape index (κ1) is 15.2. The summed E-state index contributed by atoms with van der Waals surface area (Å²) in [5, 5.41) is 5.70. The third-order valence-corrected chi connectivity index (χ3v) is 3.11. The van der Waals surface area contributed by atoms with E-state index in [4.69, 9.17) is 0 Å². The number of rotatable bonds is 5. The fourth-order valence-electron chi connectivity index (χ4n) is 1.86. The smallest absolute Gasteiger partial charge is 0.319 e. The zero-order valence-electron chi connectivity index (χ0n) is 12.0. The zero-order valence-corrected chi connectivity index (χ0v) is 12.0. The molecular weight excluding hydrogens is 240 g/mol. The molecule has 0 aliphatic rings. The predicted octanol–water partition coefficient (Wildman–Crippen LogP) is 3.45. The molecule has 2 N–H and O–H groups in total. The van der Waals surface area contributed by atoms with Crippen molar-refractivity contribution in [3.05, 3.63) is 29.8 Å². The summed E-state index contributed by atoms with van der Waals surface area (Å²) in [6.07, 6.45) is 0.897. The second-order valence-corrected chi connectivity index (χ2v) is 4.99. The number of amides is 2. The van der Waals surface area contributed by atoms with E-state index in [1.54, 1.807) is 24.3 Å². The standard InChI is InChI=1S/C15H22N2O2/c1-5-14(10(2)3)17-15(19)16-13-8-6-12(7-9-13)11(4)18/h6-10,14H,5H2,1-4H3,(H2,16,17,19). The van der Waals surface area contributed by atoms with Gasteiger partial charge in [0, 0.05) is 17.3 Å². The van der Waals surface area contributed by atoms with Crippen LogP contribution in [-0.4, -0.2) is 17.9 Å². The van der Waals surface area contributed by atoms with Gasteiger partial charge in [0.05, 0.1) is 0 Å². The Kier molecular flexibility index (Phi) is 5.55. The van der Waals surface area contributed by atoms with Gasteiger partial charge in [0.25, 0.3) is 0 Å². The minimum absolute atomic E-state index is 0.0156. The summed E-state index contributed by atoms with van der Waals surface area (Å²) in [6, 6.07) is 6.82. The third-order valence-electron chi connectivity index (χ3n) is 3.11. The second kappa shape index (κ2) is 6.92. The molecule has 0 aromatic heterocycles. The van der Waals surface area contributed by atoms with Crippen LogP contribution in [0.5, 0.6) is 0 Å². The van der Waals surface area contributed by atoms with Crippen LogP contribution < -0.4 is 10.6 Å². The molecule has 1 aromatic carbocycles. The van der Waals surface area contributed by atoms with E-state index < -0.39 is 0 Å². The molecular formula is C15H22N2O2. The average Bonchev–Trinajstić information content (AvgIpc) is 2.36. The maximum atomic E-state index is 11.8. The summed E-state index contributed by atoms with van der Waals surface area (Å²) in [5.41, 5.74) is 1.32. The maximum absolute atomic E-state index is 11.8. The Labute approximate surface area is 114 Å². The van der Waals surface area contributed by atoms with E-state index in [1.165, 1.54) is 6.92 Å². The van der Waals surface area contributed by atoms with Crippen LogP contribution in [0.4, 0.5) is 10.5 Å². The Morgan fingerprint density at radius 1 is 1.16 bits per heavy atom. The van der Waals surface area contributed by atoms with Gasteiger partial charge in [-0.1, -0.05) is 20.8 Å². The molecule has 0 radical (unpaired) electrons. The lowest BCUT2D eigenvalue weighted by Gasteiger charge is -2.20. The molecule has 1 atom stereocenters. The van der Waals surface area contributed by atoms with Crippen molar-refractivity contribution in [2.24, 2.45) is 5.92 Å². The van der Waals surface area contributed by atoms with Gasteiger partial charge in [-0.2, -0.15) is 0 Å². The first-order valence-electron chi connectivity index (χ1n) is 6.62. The molecule has 4 nitrogen and oxygen atoms in total. The number of urea groups is 1. The highest BCUT2D eigenvalue weighted by Gasteiger charge is 2.13. The molecule has 0 aliphatic carbocycles. The molecule has 1 rings (SSSR count). The second-order valence-electron chi connectivity index (χ2n) is 4.99. The molecule has 1 unspecified atom stereocenters. The summed E-state index contributed by atoms with van der Waals surface area (Å²) in [7, 11) is 0. The van der Waals surface area contributed by atoms with E-state index in [0.29, 0.717) is 17.2 Å². The Hall–Kier alpha value is -1.84. The van der Waals surface area contributed by atoms with Gasteiger partial charge in [-0.15, -0.1) is 0 Å². The maximum Gasteiger partial charge on any atom is 0.319 e.